The largest absolute Gasteiger partial charge is 0.497 e. The highest BCUT2D eigenvalue weighted by Crippen LogP contribution is 2.37. The zero-order valence-corrected chi connectivity index (χ0v) is 13.4. The number of nitro groups is 1. The third kappa shape index (κ3) is 3.54. The first kappa shape index (κ1) is 17.1. The molecule has 0 bridgehead atoms. The van der Waals surface area contributed by atoms with Crippen molar-refractivity contribution in [3.8, 4) is 17.2 Å². The lowest BCUT2D eigenvalue weighted by Gasteiger charge is -2.11. The molecule has 8 nitrogen and oxygen atoms in total. The summed E-state index contributed by atoms with van der Waals surface area (Å²) < 4.78 is 15.2. The van der Waals surface area contributed by atoms with Crippen LogP contribution >= 0.6 is 0 Å². The lowest BCUT2D eigenvalue weighted by atomic mass is 10.2. The first-order valence-corrected chi connectivity index (χ1v) is 6.86. The Morgan fingerprint density at radius 1 is 1.00 bits per heavy atom. The van der Waals surface area contributed by atoms with Crippen molar-refractivity contribution in [2.45, 2.75) is 0 Å². The van der Waals surface area contributed by atoms with E-state index in [9.17, 15) is 14.9 Å². The maximum absolute atomic E-state index is 12.3. The van der Waals surface area contributed by atoms with E-state index in [1.807, 2.05) is 0 Å². The molecule has 2 aromatic rings. The number of nitrogens with zero attached hydrogens (tertiary/aromatic N) is 1. The Morgan fingerprint density at radius 3 is 2.08 bits per heavy atom. The number of carbonyl (C=O) groups is 1. The van der Waals surface area contributed by atoms with Crippen LogP contribution in [0.3, 0.4) is 0 Å². The molecule has 0 saturated carbocycles. The molecule has 0 aliphatic rings. The SMILES string of the molecule is COc1ccc(C(=O)Nc2cc(OC)c(OC)cc2[N+](=O)[O-])cc1. The van der Waals surface area contributed by atoms with E-state index in [0.29, 0.717) is 11.3 Å². The van der Waals surface area contributed by atoms with Gasteiger partial charge < -0.3 is 19.5 Å². The third-order valence-electron chi connectivity index (χ3n) is 3.30. The van der Waals surface area contributed by atoms with Crippen LogP contribution in [0.4, 0.5) is 11.4 Å². The molecular weight excluding hydrogens is 316 g/mol. The lowest BCUT2D eigenvalue weighted by Crippen LogP contribution is -2.13. The summed E-state index contributed by atoms with van der Waals surface area (Å²) in [5, 5.41) is 13.7. The Labute approximate surface area is 138 Å². The second kappa shape index (κ2) is 7.32. The zero-order chi connectivity index (χ0) is 17.7. The number of benzene rings is 2. The molecule has 0 fully saturated rings. The molecule has 0 radical (unpaired) electrons. The molecule has 2 aromatic carbocycles. The molecule has 0 unspecified atom stereocenters. The average Bonchev–Trinajstić information content (AvgIpc) is 2.61. The molecule has 0 saturated heterocycles. The third-order valence-corrected chi connectivity index (χ3v) is 3.30. The lowest BCUT2D eigenvalue weighted by molar-refractivity contribution is -0.384. The van der Waals surface area contributed by atoms with E-state index in [4.69, 9.17) is 14.2 Å². The smallest absolute Gasteiger partial charge is 0.296 e. The Balaban J connectivity index is 2.36. The molecule has 0 aliphatic heterocycles. The van der Waals surface area contributed by atoms with Crippen LogP contribution in [0, 0.1) is 10.1 Å². The predicted molar refractivity (Wildman–Crippen MR) is 87.1 cm³/mol. The van der Waals surface area contributed by atoms with Gasteiger partial charge >= 0.3 is 0 Å². The summed E-state index contributed by atoms with van der Waals surface area (Å²) >= 11 is 0. The molecule has 2 rings (SSSR count). The first-order chi connectivity index (χ1) is 11.5. The van der Waals surface area contributed by atoms with Crippen molar-refractivity contribution in [3.63, 3.8) is 0 Å². The second-order valence-electron chi connectivity index (χ2n) is 4.66. The van der Waals surface area contributed by atoms with Gasteiger partial charge in [0.1, 0.15) is 11.4 Å². The minimum Gasteiger partial charge on any atom is -0.497 e. The van der Waals surface area contributed by atoms with Gasteiger partial charge in [0.05, 0.1) is 32.3 Å². The quantitative estimate of drug-likeness (QED) is 0.645. The van der Waals surface area contributed by atoms with Gasteiger partial charge in [0, 0.05) is 11.6 Å². The number of anilines is 1. The fourth-order valence-electron chi connectivity index (χ4n) is 2.06. The fraction of sp³-hybridized carbons (Fsp3) is 0.188. The van der Waals surface area contributed by atoms with E-state index in [1.54, 1.807) is 24.3 Å². The van der Waals surface area contributed by atoms with Crippen LogP contribution in [-0.2, 0) is 0 Å². The van der Waals surface area contributed by atoms with Gasteiger partial charge in [0.25, 0.3) is 11.6 Å². The maximum atomic E-state index is 12.3. The fourth-order valence-corrected chi connectivity index (χ4v) is 2.06. The summed E-state index contributed by atoms with van der Waals surface area (Å²) in [5.74, 6) is 0.580. The topological polar surface area (TPSA) is 99.9 Å². The van der Waals surface area contributed by atoms with E-state index in [2.05, 4.69) is 5.32 Å². The van der Waals surface area contributed by atoms with Crippen LogP contribution in [0.5, 0.6) is 17.2 Å². The monoisotopic (exact) mass is 332 g/mol. The number of hydrogen-bond acceptors (Lipinski definition) is 6. The summed E-state index contributed by atoms with van der Waals surface area (Å²) in [6, 6.07) is 8.90. The van der Waals surface area contributed by atoms with Crippen LogP contribution in [0.2, 0.25) is 0 Å². The minimum absolute atomic E-state index is 0.0125. The van der Waals surface area contributed by atoms with Gasteiger partial charge in [0.15, 0.2) is 11.5 Å². The normalized spacial score (nSPS) is 9.96. The van der Waals surface area contributed by atoms with E-state index >= 15 is 0 Å². The number of nitrogens with one attached hydrogen (secondary N) is 1. The van der Waals surface area contributed by atoms with Crippen molar-refractivity contribution in [3.05, 3.63) is 52.1 Å². The molecular formula is C16H16N2O6. The van der Waals surface area contributed by atoms with Crippen molar-refractivity contribution >= 4 is 17.3 Å². The molecule has 0 spiro atoms. The van der Waals surface area contributed by atoms with Gasteiger partial charge in [-0.15, -0.1) is 0 Å². The number of hydrogen-bond donors (Lipinski definition) is 1. The van der Waals surface area contributed by atoms with Gasteiger partial charge in [-0.25, -0.2) is 0 Å². The molecule has 0 aromatic heterocycles. The van der Waals surface area contributed by atoms with Gasteiger partial charge in [0.2, 0.25) is 0 Å². The Bertz CT molecular complexity index is 758. The number of nitro benzene ring substituents is 1. The summed E-state index contributed by atoms with van der Waals surface area (Å²) in [5.41, 5.74) is 0.0489. The standard InChI is InChI=1S/C16H16N2O6/c1-22-11-6-4-10(5-7-11)16(19)17-12-8-14(23-2)15(24-3)9-13(12)18(20)21/h4-9H,1-3H3,(H,17,19). The first-order valence-electron chi connectivity index (χ1n) is 6.86. The number of rotatable bonds is 6. The highest BCUT2D eigenvalue weighted by molar-refractivity contribution is 6.05. The molecule has 24 heavy (non-hydrogen) atoms. The van der Waals surface area contributed by atoms with Crippen LogP contribution in [0.25, 0.3) is 0 Å². The summed E-state index contributed by atoms with van der Waals surface area (Å²) in [4.78, 5) is 22.9. The highest BCUT2D eigenvalue weighted by atomic mass is 16.6. The van der Waals surface area contributed by atoms with Gasteiger partial charge in [-0.2, -0.15) is 0 Å². The molecule has 8 heteroatoms. The van der Waals surface area contributed by atoms with E-state index in [0.717, 1.165) is 0 Å². The van der Waals surface area contributed by atoms with Crippen LogP contribution in [-0.4, -0.2) is 32.2 Å². The zero-order valence-electron chi connectivity index (χ0n) is 13.4. The van der Waals surface area contributed by atoms with Gasteiger partial charge in [-0.3, -0.25) is 14.9 Å². The minimum atomic E-state index is -0.606. The van der Waals surface area contributed by atoms with E-state index in [-0.39, 0.29) is 22.9 Å². The van der Waals surface area contributed by atoms with Crippen molar-refractivity contribution in [1.82, 2.24) is 0 Å². The summed E-state index contributed by atoms with van der Waals surface area (Å²) in [7, 11) is 4.29. The number of carbonyl (C=O) groups excluding carboxylic acids is 1. The van der Waals surface area contributed by atoms with Crippen molar-refractivity contribution < 1.29 is 23.9 Å². The van der Waals surface area contributed by atoms with E-state index in [1.165, 1.54) is 33.5 Å². The maximum Gasteiger partial charge on any atom is 0.296 e. The highest BCUT2D eigenvalue weighted by Gasteiger charge is 2.21. The van der Waals surface area contributed by atoms with Crippen molar-refractivity contribution in [2.75, 3.05) is 26.6 Å². The number of amides is 1. The molecule has 1 amide bonds. The number of methoxy groups -OCH3 is 3. The van der Waals surface area contributed by atoms with Crippen molar-refractivity contribution in [1.29, 1.82) is 0 Å². The molecule has 1 N–H and O–H groups in total. The van der Waals surface area contributed by atoms with Gasteiger partial charge in [-0.1, -0.05) is 0 Å². The van der Waals surface area contributed by atoms with Crippen LogP contribution < -0.4 is 19.5 Å². The van der Waals surface area contributed by atoms with Crippen LogP contribution in [0.15, 0.2) is 36.4 Å². The molecule has 0 atom stereocenters. The second-order valence-corrected chi connectivity index (χ2v) is 4.66. The van der Waals surface area contributed by atoms with Gasteiger partial charge in [-0.05, 0) is 24.3 Å². The van der Waals surface area contributed by atoms with E-state index < -0.39 is 10.8 Å². The molecule has 0 aliphatic carbocycles. The van der Waals surface area contributed by atoms with Crippen LogP contribution in [0.1, 0.15) is 10.4 Å². The average molecular weight is 332 g/mol. The Kier molecular flexibility index (Phi) is 5.20. The Hall–Kier alpha value is -3.29. The predicted octanol–water partition coefficient (Wildman–Crippen LogP) is 2.87. The molecule has 0 heterocycles. The van der Waals surface area contributed by atoms with Crippen molar-refractivity contribution in [2.24, 2.45) is 0 Å². The summed E-state index contributed by atoms with van der Waals surface area (Å²) in [6.45, 7) is 0. The Morgan fingerprint density at radius 2 is 1.58 bits per heavy atom. The number of ether oxygens (including phenoxy) is 3. The molecule has 126 valence electrons. The summed E-state index contributed by atoms with van der Waals surface area (Å²) in [6.07, 6.45) is 0.